The molecule has 3 fully saturated rings. The summed E-state index contributed by atoms with van der Waals surface area (Å²) in [5, 5.41) is 0. The molecule has 11 atom stereocenters. The SMILES string of the molecule is CO[C@H]1O[C@@H]2COC(c3ccccc3)O[C@H]2[C@H](OC2O[C@H](COCc3ccccc3)[C@@H](OCc3ccccc3)[C@H](OCc3ccccc3)[C@H]2OCc2ccccc2)[C@H]1OC(C)=O. The fourth-order valence-corrected chi connectivity index (χ4v) is 8.00. The van der Waals surface area contributed by atoms with Crippen LogP contribution in [-0.2, 0) is 83.3 Å². The number of esters is 1. The molecule has 0 N–H and O–H groups in total. The van der Waals surface area contributed by atoms with E-state index < -0.39 is 73.7 Å². The molecule has 0 amide bonds. The van der Waals surface area contributed by atoms with Crippen LogP contribution in [0.5, 0.6) is 0 Å². The van der Waals surface area contributed by atoms with Gasteiger partial charge in [0.25, 0.3) is 0 Å². The molecule has 3 heterocycles. The number of fused-ring (bicyclic) bond motifs is 1. The fourth-order valence-electron chi connectivity index (χ4n) is 8.00. The number of rotatable bonds is 18. The van der Waals surface area contributed by atoms with Crippen LogP contribution in [0.15, 0.2) is 152 Å². The summed E-state index contributed by atoms with van der Waals surface area (Å²) in [6, 6.07) is 49.3. The Bertz CT molecular complexity index is 2060. The van der Waals surface area contributed by atoms with Crippen molar-refractivity contribution in [3.05, 3.63) is 179 Å². The molecule has 3 aliphatic heterocycles. The van der Waals surface area contributed by atoms with Crippen LogP contribution in [-0.4, -0.2) is 87.7 Å². The molecule has 326 valence electrons. The smallest absolute Gasteiger partial charge is 0.303 e. The molecule has 62 heavy (non-hydrogen) atoms. The van der Waals surface area contributed by atoms with Gasteiger partial charge in [-0.25, -0.2) is 0 Å². The van der Waals surface area contributed by atoms with Crippen LogP contribution in [0.2, 0.25) is 0 Å². The average molecular weight is 847 g/mol. The van der Waals surface area contributed by atoms with E-state index in [1.54, 1.807) is 0 Å². The predicted octanol–water partition coefficient (Wildman–Crippen LogP) is 7.49. The van der Waals surface area contributed by atoms with Crippen molar-refractivity contribution in [2.45, 2.75) is 101 Å². The molecule has 3 aliphatic rings. The molecular weight excluding hydrogens is 793 g/mol. The summed E-state index contributed by atoms with van der Waals surface area (Å²) < 4.78 is 72.3. The highest BCUT2D eigenvalue weighted by Gasteiger charge is 2.56. The van der Waals surface area contributed by atoms with Crippen molar-refractivity contribution in [2.24, 2.45) is 0 Å². The van der Waals surface area contributed by atoms with Crippen LogP contribution in [0, 0.1) is 0 Å². The minimum atomic E-state index is -1.14. The molecule has 12 nitrogen and oxygen atoms in total. The van der Waals surface area contributed by atoms with Gasteiger partial charge in [-0.2, -0.15) is 0 Å². The van der Waals surface area contributed by atoms with Gasteiger partial charge in [0.05, 0.1) is 39.6 Å². The largest absolute Gasteiger partial charge is 0.454 e. The molecule has 5 aromatic rings. The van der Waals surface area contributed by atoms with Crippen molar-refractivity contribution in [1.29, 1.82) is 0 Å². The van der Waals surface area contributed by atoms with Crippen molar-refractivity contribution < 1.29 is 56.9 Å². The Labute approximate surface area is 362 Å². The first-order valence-corrected chi connectivity index (χ1v) is 21.1. The molecule has 8 rings (SSSR count). The summed E-state index contributed by atoms with van der Waals surface area (Å²) in [6.45, 7) is 2.67. The Morgan fingerprint density at radius 1 is 0.548 bits per heavy atom. The number of ether oxygens (including phenoxy) is 11. The van der Waals surface area contributed by atoms with Gasteiger partial charge in [0.2, 0.25) is 0 Å². The second-order valence-electron chi connectivity index (χ2n) is 15.5. The van der Waals surface area contributed by atoms with Gasteiger partial charge in [-0.3, -0.25) is 4.79 Å². The van der Waals surface area contributed by atoms with E-state index in [0.717, 1.165) is 27.8 Å². The van der Waals surface area contributed by atoms with Crippen LogP contribution in [0.25, 0.3) is 0 Å². The number of hydrogen-bond acceptors (Lipinski definition) is 12. The van der Waals surface area contributed by atoms with Gasteiger partial charge < -0.3 is 52.1 Å². The fraction of sp³-hybridized carbons (Fsp3) is 0.380. The van der Waals surface area contributed by atoms with Gasteiger partial charge in [0, 0.05) is 19.6 Å². The van der Waals surface area contributed by atoms with E-state index in [0.29, 0.717) is 6.61 Å². The van der Waals surface area contributed by atoms with E-state index in [2.05, 4.69) is 0 Å². The van der Waals surface area contributed by atoms with E-state index in [9.17, 15) is 4.79 Å². The standard InChI is InChI=1S/C50H54O12/c1-34(51)58-47-45(43-41(59-49(47)52-2)33-57-48(61-43)39-26-16-7-17-27-39)62-50-46(56-31-38-24-14-6-15-25-38)44(55-30-37-22-12-5-13-23-37)42(54-29-36-20-10-4-11-21-36)40(60-50)32-53-28-35-18-8-3-9-19-35/h3-27,40-50H,28-33H2,1-2H3/t40-,41-,42-,43-,44+,45+,46-,47-,48?,49+,50?/m1/s1. The Hall–Kier alpha value is -4.83. The quantitative estimate of drug-likeness (QED) is 0.0814. The summed E-state index contributed by atoms with van der Waals surface area (Å²) in [5.41, 5.74) is 4.69. The first-order chi connectivity index (χ1) is 30.5. The molecule has 3 saturated heterocycles. The number of benzene rings is 5. The summed E-state index contributed by atoms with van der Waals surface area (Å²) in [7, 11) is 1.49. The van der Waals surface area contributed by atoms with E-state index in [1.165, 1.54) is 14.0 Å². The zero-order valence-electron chi connectivity index (χ0n) is 34.9. The van der Waals surface area contributed by atoms with E-state index >= 15 is 0 Å². The third-order valence-electron chi connectivity index (χ3n) is 11.0. The third-order valence-corrected chi connectivity index (χ3v) is 11.0. The van der Waals surface area contributed by atoms with Crippen molar-refractivity contribution in [3.63, 3.8) is 0 Å². The first kappa shape index (κ1) is 43.8. The van der Waals surface area contributed by atoms with E-state index in [1.807, 2.05) is 152 Å². The second-order valence-corrected chi connectivity index (χ2v) is 15.5. The molecule has 0 aromatic heterocycles. The van der Waals surface area contributed by atoms with Gasteiger partial charge in [-0.15, -0.1) is 0 Å². The Morgan fingerprint density at radius 3 is 1.58 bits per heavy atom. The molecule has 0 saturated carbocycles. The summed E-state index contributed by atoms with van der Waals surface area (Å²) in [4.78, 5) is 12.8. The maximum Gasteiger partial charge on any atom is 0.303 e. The third kappa shape index (κ3) is 11.4. The zero-order chi connectivity index (χ0) is 42.5. The highest BCUT2D eigenvalue weighted by atomic mass is 16.8. The summed E-state index contributed by atoms with van der Waals surface area (Å²) >= 11 is 0. The minimum absolute atomic E-state index is 0.124. The van der Waals surface area contributed by atoms with Gasteiger partial charge in [0.15, 0.2) is 25.0 Å². The summed E-state index contributed by atoms with van der Waals surface area (Å²) in [5.74, 6) is -0.550. The number of carbonyl (C=O) groups is 1. The highest BCUT2D eigenvalue weighted by Crippen LogP contribution is 2.40. The van der Waals surface area contributed by atoms with Crippen LogP contribution < -0.4 is 0 Å². The molecule has 0 aliphatic carbocycles. The normalized spacial score (nSPS) is 28.5. The molecule has 0 radical (unpaired) electrons. The second kappa shape index (κ2) is 22.0. The summed E-state index contributed by atoms with van der Waals surface area (Å²) in [6.07, 6.45) is -9.50. The highest BCUT2D eigenvalue weighted by molar-refractivity contribution is 5.66. The van der Waals surface area contributed by atoms with E-state index in [-0.39, 0.29) is 33.0 Å². The topological polar surface area (TPSA) is 119 Å². The maximum absolute atomic E-state index is 12.8. The van der Waals surface area contributed by atoms with Crippen molar-refractivity contribution >= 4 is 5.97 Å². The van der Waals surface area contributed by atoms with Gasteiger partial charge in [0.1, 0.15) is 42.7 Å². The van der Waals surface area contributed by atoms with Crippen molar-refractivity contribution in [3.8, 4) is 0 Å². The molecule has 0 spiro atoms. The van der Waals surface area contributed by atoms with Crippen molar-refractivity contribution in [1.82, 2.24) is 0 Å². The monoisotopic (exact) mass is 846 g/mol. The van der Waals surface area contributed by atoms with E-state index in [4.69, 9.17) is 52.1 Å². The molecule has 5 aromatic carbocycles. The molecule has 12 heteroatoms. The molecular formula is C50H54O12. The van der Waals surface area contributed by atoms with Gasteiger partial charge >= 0.3 is 5.97 Å². The molecule has 2 unspecified atom stereocenters. The minimum Gasteiger partial charge on any atom is -0.454 e. The van der Waals surface area contributed by atoms with Gasteiger partial charge in [-0.05, 0) is 22.3 Å². The predicted molar refractivity (Wildman–Crippen MR) is 226 cm³/mol. The number of methoxy groups -OCH3 is 1. The first-order valence-electron chi connectivity index (χ1n) is 21.1. The van der Waals surface area contributed by atoms with Crippen LogP contribution >= 0.6 is 0 Å². The number of hydrogen-bond donors (Lipinski definition) is 0. The number of carbonyl (C=O) groups excluding carboxylic acids is 1. The lowest BCUT2D eigenvalue weighted by Gasteiger charge is -2.51. The molecule has 0 bridgehead atoms. The van der Waals surface area contributed by atoms with Crippen LogP contribution in [0.1, 0.15) is 41.0 Å². The van der Waals surface area contributed by atoms with Gasteiger partial charge in [-0.1, -0.05) is 152 Å². The zero-order valence-corrected chi connectivity index (χ0v) is 34.9. The van der Waals surface area contributed by atoms with Crippen LogP contribution in [0.4, 0.5) is 0 Å². The van der Waals surface area contributed by atoms with Crippen molar-refractivity contribution in [2.75, 3.05) is 20.3 Å². The lowest BCUT2D eigenvalue weighted by atomic mass is 9.95. The Balaban J connectivity index is 1.17. The Kier molecular flexibility index (Phi) is 15.5. The van der Waals surface area contributed by atoms with Crippen LogP contribution in [0.3, 0.4) is 0 Å². The lowest BCUT2D eigenvalue weighted by molar-refractivity contribution is -0.396. The Morgan fingerprint density at radius 2 is 1.05 bits per heavy atom. The average Bonchev–Trinajstić information content (AvgIpc) is 3.32. The lowest BCUT2D eigenvalue weighted by Crippen LogP contribution is -2.67. The maximum atomic E-state index is 12.8.